The number of hydrogen-bond donors (Lipinski definition) is 1. The number of hydrogen-bond acceptors (Lipinski definition) is 2. The quantitative estimate of drug-likeness (QED) is 0.793. The van der Waals surface area contributed by atoms with Crippen LogP contribution in [0.2, 0.25) is 5.02 Å². The number of rotatable bonds is 4. The lowest BCUT2D eigenvalue weighted by molar-refractivity contribution is -0.130. The molecule has 140 valence electrons. The number of halogens is 2. The van der Waals surface area contributed by atoms with Gasteiger partial charge in [-0.05, 0) is 36.6 Å². The normalized spacial score (nSPS) is 15.1. The van der Waals surface area contributed by atoms with Crippen molar-refractivity contribution in [3.05, 3.63) is 71.0 Å². The van der Waals surface area contributed by atoms with Crippen LogP contribution in [-0.2, 0) is 9.59 Å². The highest BCUT2D eigenvalue weighted by Crippen LogP contribution is 2.24. The summed E-state index contributed by atoms with van der Waals surface area (Å²) in [6.45, 7) is 0.988. The molecule has 6 heteroatoms. The van der Waals surface area contributed by atoms with Crippen molar-refractivity contribution in [2.24, 2.45) is 5.92 Å². The van der Waals surface area contributed by atoms with Crippen LogP contribution in [0.4, 0.5) is 10.1 Å². The number of anilines is 1. The van der Waals surface area contributed by atoms with Crippen molar-refractivity contribution in [3.63, 3.8) is 0 Å². The van der Waals surface area contributed by atoms with E-state index in [0.29, 0.717) is 25.9 Å². The molecule has 0 spiro atoms. The van der Waals surface area contributed by atoms with E-state index < -0.39 is 5.82 Å². The number of carbonyl (C=O) groups excluding carboxylic acids is 2. The zero-order valence-corrected chi connectivity index (χ0v) is 15.5. The Bertz CT molecular complexity index is 847. The third-order valence-electron chi connectivity index (χ3n) is 4.60. The molecule has 1 fully saturated rings. The minimum Gasteiger partial charge on any atom is -0.339 e. The van der Waals surface area contributed by atoms with Gasteiger partial charge in [0, 0.05) is 25.1 Å². The molecule has 2 aromatic carbocycles. The summed E-state index contributed by atoms with van der Waals surface area (Å²) in [5.41, 5.74) is 1.04. The number of likely N-dealkylation sites (tertiary alicyclic amines) is 1. The summed E-state index contributed by atoms with van der Waals surface area (Å²) in [7, 11) is 0. The third-order valence-corrected chi connectivity index (χ3v) is 4.90. The van der Waals surface area contributed by atoms with Crippen LogP contribution >= 0.6 is 11.6 Å². The lowest BCUT2D eigenvalue weighted by atomic mass is 9.95. The molecule has 0 unspecified atom stereocenters. The van der Waals surface area contributed by atoms with Gasteiger partial charge in [0.05, 0.1) is 10.7 Å². The summed E-state index contributed by atoms with van der Waals surface area (Å²) in [4.78, 5) is 26.4. The topological polar surface area (TPSA) is 49.4 Å². The number of carbonyl (C=O) groups is 2. The first-order valence-corrected chi connectivity index (χ1v) is 9.19. The van der Waals surface area contributed by atoms with Crippen LogP contribution in [0.25, 0.3) is 6.08 Å². The van der Waals surface area contributed by atoms with Crippen molar-refractivity contribution in [2.75, 3.05) is 18.4 Å². The molecule has 27 heavy (non-hydrogen) atoms. The summed E-state index contributed by atoms with van der Waals surface area (Å²) >= 11 is 5.73. The Labute approximate surface area is 162 Å². The molecule has 2 amide bonds. The first kappa shape index (κ1) is 19.1. The van der Waals surface area contributed by atoms with Crippen molar-refractivity contribution in [2.45, 2.75) is 12.8 Å². The molecule has 1 aliphatic rings. The van der Waals surface area contributed by atoms with Gasteiger partial charge in [-0.1, -0.05) is 48.0 Å². The van der Waals surface area contributed by atoms with Gasteiger partial charge < -0.3 is 10.2 Å². The molecule has 1 aliphatic heterocycles. The number of amides is 2. The second-order valence-electron chi connectivity index (χ2n) is 6.43. The van der Waals surface area contributed by atoms with Crippen molar-refractivity contribution >= 4 is 35.2 Å². The SMILES string of the molecule is O=C(Nc1cccc(Cl)c1F)C1CCN(C(=O)/C=C/c2ccccc2)CC1. The van der Waals surface area contributed by atoms with Crippen molar-refractivity contribution in [1.82, 2.24) is 4.90 Å². The third kappa shape index (κ3) is 4.95. The molecule has 1 heterocycles. The number of nitrogens with one attached hydrogen (secondary N) is 1. The zero-order chi connectivity index (χ0) is 19.2. The molecule has 4 nitrogen and oxygen atoms in total. The van der Waals surface area contributed by atoms with Gasteiger partial charge in [-0.3, -0.25) is 9.59 Å². The van der Waals surface area contributed by atoms with E-state index >= 15 is 0 Å². The summed E-state index contributed by atoms with van der Waals surface area (Å²) in [6, 6.07) is 14.1. The van der Waals surface area contributed by atoms with Gasteiger partial charge >= 0.3 is 0 Å². The molecule has 3 rings (SSSR count). The van der Waals surface area contributed by atoms with Gasteiger partial charge in [0.1, 0.15) is 0 Å². The Hall–Kier alpha value is -2.66. The Balaban J connectivity index is 1.52. The smallest absolute Gasteiger partial charge is 0.246 e. The highest BCUT2D eigenvalue weighted by atomic mass is 35.5. The van der Waals surface area contributed by atoms with Gasteiger partial charge in [-0.25, -0.2) is 4.39 Å². The fourth-order valence-electron chi connectivity index (χ4n) is 3.03. The lowest BCUT2D eigenvalue weighted by Gasteiger charge is -2.30. The second kappa shape index (κ2) is 8.82. The fraction of sp³-hybridized carbons (Fsp3) is 0.238. The van der Waals surface area contributed by atoms with E-state index in [1.54, 1.807) is 23.1 Å². The van der Waals surface area contributed by atoms with Crippen LogP contribution < -0.4 is 5.32 Å². The van der Waals surface area contributed by atoms with E-state index in [0.717, 1.165) is 5.56 Å². The van der Waals surface area contributed by atoms with E-state index in [9.17, 15) is 14.0 Å². The Kier molecular flexibility index (Phi) is 6.24. The summed E-state index contributed by atoms with van der Waals surface area (Å²) in [5.74, 6) is -1.21. The maximum Gasteiger partial charge on any atom is 0.246 e. The molecular weight excluding hydrogens is 367 g/mol. The molecular formula is C21H20ClFN2O2. The standard InChI is InChI=1S/C21H20ClFN2O2/c22-17-7-4-8-18(20(17)23)24-21(27)16-11-13-25(14-12-16)19(26)10-9-15-5-2-1-3-6-15/h1-10,16H,11-14H2,(H,24,27)/b10-9+. The first-order valence-electron chi connectivity index (χ1n) is 8.81. The van der Waals surface area contributed by atoms with E-state index in [-0.39, 0.29) is 28.4 Å². The van der Waals surface area contributed by atoms with Crippen LogP contribution in [-0.4, -0.2) is 29.8 Å². The van der Waals surface area contributed by atoms with E-state index in [4.69, 9.17) is 11.6 Å². The lowest BCUT2D eigenvalue weighted by Crippen LogP contribution is -2.40. The predicted molar refractivity (Wildman–Crippen MR) is 105 cm³/mol. The molecule has 1 saturated heterocycles. The summed E-state index contributed by atoms with van der Waals surface area (Å²) < 4.78 is 13.9. The van der Waals surface area contributed by atoms with E-state index in [1.807, 2.05) is 30.3 Å². The van der Waals surface area contributed by atoms with Crippen molar-refractivity contribution in [3.8, 4) is 0 Å². The highest BCUT2D eigenvalue weighted by Gasteiger charge is 2.27. The van der Waals surface area contributed by atoms with Crippen molar-refractivity contribution in [1.29, 1.82) is 0 Å². The molecule has 0 radical (unpaired) electrons. The van der Waals surface area contributed by atoms with E-state index in [2.05, 4.69) is 5.32 Å². The molecule has 0 atom stereocenters. The second-order valence-corrected chi connectivity index (χ2v) is 6.84. The summed E-state index contributed by atoms with van der Waals surface area (Å²) in [6.07, 6.45) is 4.41. The highest BCUT2D eigenvalue weighted by molar-refractivity contribution is 6.31. The molecule has 2 aromatic rings. The Morgan fingerprint density at radius 1 is 1.07 bits per heavy atom. The van der Waals surface area contributed by atoms with Crippen LogP contribution in [0.5, 0.6) is 0 Å². The van der Waals surface area contributed by atoms with Gasteiger partial charge in [0.15, 0.2) is 5.82 Å². The number of piperidine rings is 1. The number of benzene rings is 2. The summed E-state index contributed by atoms with van der Waals surface area (Å²) in [5, 5.41) is 2.57. The van der Waals surface area contributed by atoms with Crippen LogP contribution in [0.3, 0.4) is 0 Å². The first-order chi connectivity index (χ1) is 13.0. The maximum absolute atomic E-state index is 13.9. The Morgan fingerprint density at radius 2 is 1.78 bits per heavy atom. The van der Waals surface area contributed by atoms with Gasteiger partial charge in [0.25, 0.3) is 0 Å². The molecule has 0 aliphatic carbocycles. The average molecular weight is 387 g/mol. The zero-order valence-electron chi connectivity index (χ0n) is 14.7. The fourth-order valence-corrected chi connectivity index (χ4v) is 3.21. The van der Waals surface area contributed by atoms with Gasteiger partial charge in [0.2, 0.25) is 11.8 Å². The molecule has 1 N–H and O–H groups in total. The molecule has 0 bridgehead atoms. The largest absolute Gasteiger partial charge is 0.339 e. The maximum atomic E-state index is 13.9. The Morgan fingerprint density at radius 3 is 2.48 bits per heavy atom. The van der Waals surface area contributed by atoms with Crippen molar-refractivity contribution < 1.29 is 14.0 Å². The van der Waals surface area contributed by atoms with Crippen LogP contribution in [0.15, 0.2) is 54.6 Å². The predicted octanol–water partition coefficient (Wildman–Crippen LogP) is 4.37. The molecule has 0 saturated carbocycles. The van der Waals surface area contributed by atoms with Crippen LogP contribution in [0, 0.1) is 11.7 Å². The monoisotopic (exact) mass is 386 g/mol. The minimum absolute atomic E-state index is 0.0292. The van der Waals surface area contributed by atoms with Gasteiger partial charge in [-0.15, -0.1) is 0 Å². The molecule has 0 aromatic heterocycles. The van der Waals surface area contributed by atoms with E-state index in [1.165, 1.54) is 12.1 Å². The van der Waals surface area contributed by atoms with Crippen LogP contribution in [0.1, 0.15) is 18.4 Å². The number of nitrogens with zero attached hydrogens (tertiary/aromatic N) is 1. The average Bonchev–Trinajstić information content (AvgIpc) is 2.70. The minimum atomic E-state index is -0.633. The van der Waals surface area contributed by atoms with Gasteiger partial charge in [-0.2, -0.15) is 0 Å².